The van der Waals surface area contributed by atoms with E-state index in [4.69, 9.17) is 9.47 Å². The van der Waals surface area contributed by atoms with Crippen LogP contribution in [-0.4, -0.2) is 21.9 Å². The van der Waals surface area contributed by atoms with Crippen molar-refractivity contribution >= 4 is 11.8 Å². The molecule has 0 saturated heterocycles. The van der Waals surface area contributed by atoms with Gasteiger partial charge < -0.3 is 9.47 Å². The maximum atomic E-state index is 9.28. The lowest BCUT2D eigenvalue weighted by Gasteiger charge is -2.16. The Bertz CT molecular complexity index is 1030. The van der Waals surface area contributed by atoms with E-state index in [2.05, 4.69) is 22.8 Å². The molecule has 0 bridgehead atoms. The van der Waals surface area contributed by atoms with Crippen LogP contribution in [0.3, 0.4) is 0 Å². The van der Waals surface area contributed by atoms with Crippen LogP contribution in [0.25, 0.3) is 0 Å². The van der Waals surface area contributed by atoms with E-state index in [-0.39, 0.29) is 6.10 Å². The Hall–Kier alpha value is -3.24. The summed E-state index contributed by atoms with van der Waals surface area (Å²) >= 11 is 1.54. The van der Waals surface area contributed by atoms with Gasteiger partial charge in [0.05, 0.1) is 18.7 Å². The molecule has 1 heterocycles. The van der Waals surface area contributed by atoms with Gasteiger partial charge in [-0.05, 0) is 30.7 Å². The molecule has 0 fully saturated rings. The molecule has 1 aromatic heterocycles. The van der Waals surface area contributed by atoms with Crippen molar-refractivity contribution in [1.82, 2.24) is 14.8 Å². The number of nitriles is 1. The zero-order chi connectivity index (χ0) is 20.6. The fourth-order valence-electron chi connectivity index (χ4n) is 2.84. The molecule has 3 aromatic rings. The first kappa shape index (κ1) is 20.5. The minimum atomic E-state index is -0.310. The topological polar surface area (TPSA) is 73.0 Å². The molecule has 0 spiro atoms. The zero-order valence-electron chi connectivity index (χ0n) is 16.4. The van der Waals surface area contributed by atoms with Gasteiger partial charge in [0.15, 0.2) is 17.1 Å². The normalized spacial score (nSPS) is 11.5. The molecular weight excluding hydrogens is 384 g/mol. The SMILES string of the molecule is C=CCn1c(SCc2ccccc2C#N)nnc1C(C)Oc1cccc(OC)c1. The minimum Gasteiger partial charge on any atom is -0.497 e. The number of allylic oxidation sites excluding steroid dienone is 1. The summed E-state index contributed by atoms with van der Waals surface area (Å²) < 4.78 is 13.3. The molecular formula is C22H22N4O2S. The Morgan fingerprint density at radius 2 is 2.00 bits per heavy atom. The number of ether oxygens (including phenoxy) is 2. The van der Waals surface area contributed by atoms with E-state index < -0.39 is 0 Å². The van der Waals surface area contributed by atoms with Crippen molar-refractivity contribution in [2.75, 3.05) is 7.11 Å². The van der Waals surface area contributed by atoms with Crippen LogP contribution in [0.15, 0.2) is 66.3 Å². The van der Waals surface area contributed by atoms with Crippen LogP contribution in [0, 0.1) is 11.3 Å². The molecule has 0 aliphatic carbocycles. The first-order valence-corrected chi connectivity index (χ1v) is 10.1. The van der Waals surface area contributed by atoms with Gasteiger partial charge in [0.2, 0.25) is 0 Å². The molecule has 148 valence electrons. The molecule has 0 aliphatic heterocycles. The van der Waals surface area contributed by atoms with Crippen molar-refractivity contribution < 1.29 is 9.47 Å². The largest absolute Gasteiger partial charge is 0.497 e. The highest BCUT2D eigenvalue weighted by Crippen LogP contribution is 2.28. The van der Waals surface area contributed by atoms with E-state index in [0.29, 0.717) is 29.4 Å². The highest BCUT2D eigenvalue weighted by atomic mass is 32.2. The van der Waals surface area contributed by atoms with E-state index >= 15 is 0 Å². The molecule has 0 saturated carbocycles. The van der Waals surface area contributed by atoms with Crippen molar-refractivity contribution in [2.45, 2.75) is 30.5 Å². The van der Waals surface area contributed by atoms with E-state index in [1.807, 2.05) is 60.0 Å². The lowest BCUT2D eigenvalue weighted by molar-refractivity contribution is 0.209. The van der Waals surface area contributed by atoms with Gasteiger partial charge in [-0.2, -0.15) is 5.26 Å². The van der Waals surface area contributed by atoms with Gasteiger partial charge in [-0.1, -0.05) is 42.1 Å². The average Bonchev–Trinajstić information content (AvgIpc) is 3.15. The fourth-order valence-corrected chi connectivity index (χ4v) is 3.80. The van der Waals surface area contributed by atoms with Crippen LogP contribution >= 0.6 is 11.8 Å². The first-order chi connectivity index (χ1) is 14.2. The highest BCUT2D eigenvalue weighted by Gasteiger charge is 2.19. The van der Waals surface area contributed by atoms with Gasteiger partial charge in [0, 0.05) is 18.4 Å². The van der Waals surface area contributed by atoms with E-state index in [1.165, 1.54) is 11.8 Å². The zero-order valence-corrected chi connectivity index (χ0v) is 17.2. The maximum absolute atomic E-state index is 9.28. The lowest BCUT2D eigenvalue weighted by Crippen LogP contribution is -2.12. The van der Waals surface area contributed by atoms with Crippen molar-refractivity contribution in [1.29, 1.82) is 5.26 Å². The van der Waals surface area contributed by atoms with Gasteiger partial charge >= 0.3 is 0 Å². The molecule has 1 unspecified atom stereocenters. The maximum Gasteiger partial charge on any atom is 0.191 e. The third-order valence-electron chi connectivity index (χ3n) is 4.27. The van der Waals surface area contributed by atoms with Crippen molar-refractivity contribution in [3.8, 4) is 17.6 Å². The average molecular weight is 407 g/mol. The quantitative estimate of drug-likeness (QED) is 0.376. The van der Waals surface area contributed by atoms with Gasteiger partial charge in [-0.15, -0.1) is 16.8 Å². The number of nitrogens with zero attached hydrogens (tertiary/aromatic N) is 4. The Balaban J connectivity index is 1.78. The van der Waals surface area contributed by atoms with Crippen molar-refractivity contribution in [2.24, 2.45) is 0 Å². The number of thioether (sulfide) groups is 1. The second-order valence-electron chi connectivity index (χ2n) is 6.24. The van der Waals surface area contributed by atoms with Crippen molar-refractivity contribution in [3.05, 3.63) is 78.1 Å². The number of benzene rings is 2. The molecule has 3 rings (SSSR count). The molecule has 0 aliphatic rings. The Kier molecular flexibility index (Phi) is 6.93. The van der Waals surface area contributed by atoms with E-state index in [1.54, 1.807) is 13.2 Å². The van der Waals surface area contributed by atoms with Crippen LogP contribution < -0.4 is 9.47 Å². The predicted molar refractivity (Wildman–Crippen MR) is 113 cm³/mol. The van der Waals surface area contributed by atoms with Gasteiger partial charge in [-0.25, -0.2) is 0 Å². The summed E-state index contributed by atoms with van der Waals surface area (Å²) in [4.78, 5) is 0. The van der Waals surface area contributed by atoms with Crippen LogP contribution in [0.2, 0.25) is 0 Å². The molecule has 0 N–H and O–H groups in total. The molecule has 29 heavy (non-hydrogen) atoms. The predicted octanol–water partition coefficient (Wildman–Crippen LogP) is 4.78. The Labute approximate surface area is 174 Å². The summed E-state index contributed by atoms with van der Waals surface area (Å²) in [5.74, 6) is 2.77. The molecule has 0 amide bonds. The summed E-state index contributed by atoms with van der Waals surface area (Å²) in [5, 5.41) is 18.7. The van der Waals surface area contributed by atoms with Crippen LogP contribution in [0.4, 0.5) is 0 Å². The molecule has 7 heteroatoms. The number of hydrogen-bond donors (Lipinski definition) is 0. The van der Waals surface area contributed by atoms with E-state index in [0.717, 1.165) is 16.5 Å². The summed E-state index contributed by atoms with van der Waals surface area (Å²) in [6.45, 7) is 6.34. The smallest absolute Gasteiger partial charge is 0.191 e. The molecule has 0 radical (unpaired) electrons. The lowest BCUT2D eigenvalue weighted by atomic mass is 10.1. The Morgan fingerprint density at radius 3 is 2.76 bits per heavy atom. The van der Waals surface area contributed by atoms with Gasteiger partial charge in [-0.3, -0.25) is 4.57 Å². The summed E-state index contributed by atoms with van der Waals surface area (Å²) in [5.41, 5.74) is 1.64. The number of rotatable bonds is 9. The third kappa shape index (κ3) is 4.98. The minimum absolute atomic E-state index is 0.310. The van der Waals surface area contributed by atoms with Crippen LogP contribution in [0.5, 0.6) is 11.5 Å². The van der Waals surface area contributed by atoms with Gasteiger partial charge in [0.25, 0.3) is 0 Å². The molecule has 1 atom stereocenters. The first-order valence-electron chi connectivity index (χ1n) is 9.11. The second kappa shape index (κ2) is 9.80. The van der Waals surface area contributed by atoms with Crippen LogP contribution in [-0.2, 0) is 12.3 Å². The molecule has 2 aromatic carbocycles. The Morgan fingerprint density at radius 1 is 1.21 bits per heavy atom. The van der Waals surface area contributed by atoms with Crippen molar-refractivity contribution in [3.63, 3.8) is 0 Å². The van der Waals surface area contributed by atoms with Crippen LogP contribution in [0.1, 0.15) is 30.0 Å². The monoisotopic (exact) mass is 406 g/mol. The van der Waals surface area contributed by atoms with Gasteiger partial charge in [0.1, 0.15) is 11.5 Å². The number of aromatic nitrogens is 3. The highest BCUT2D eigenvalue weighted by molar-refractivity contribution is 7.98. The second-order valence-corrected chi connectivity index (χ2v) is 7.18. The third-order valence-corrected chi connectivity index (χ3v) is 5.28. The summed E-state index contributed by atoms with van der Waals surface area (Å²) in [6.07, 6.45) is 1.49. The summed E-state index contributed by atoms with van der Waals surface area (Å²) in [7, 11) is 1.62. The number of hydrogen-bond acceptors (Lipinski definition) is 6. The summed E-state index contributed by atoms with van der Waals surface area (Å²) in [6, 6.07) is 17.3. The standard InChI is InChI=1S/C22H22N4O2S/c1-4-12-26-21(16(2)28-20-11-7-10-19(13-20)27-3)24-25-22(26)29-15-18-9-6-5-8-17(18)14-23/h4-11,13,16H,1,12,15H2,2-3H3. The molecule has 6 nitrogen and oxygen atoms in total. The number of methoxy groups -OCH3 is 1. The fraction of sp³-hybridized carbons (Fsp3) is 0.227. The van der Waals surface area contributed by atoms with E-state index in [9.17, 15) is 5.26 Å².